The Balaban J connectivity index is 2.04. The lowest BCUT2D eigenvalue weighted by molar-refractivity contribution is 0.317. The molecule has 0 atom stereocenters. The van der Waals surface area contributed by atoms with Gasteiger partial charge in [0.15, 0.2) is 0 Å². The van der Waals surface area contributed by atoms with E-state index in [1.807, 2.05) is 49.5 Å². The van der Waals surface area contributed by atoms with Gasteiger partial charge in [-0.2, -0.15) is 0 Å². The first-order chi connectivity index (χ1) is 10.7. The maximum Gasteiger partial charge on any atom is 0.209 e. The molecule has 2 aromatic heterocycles. The van der Waals surface area contributed by atoms with E-state index in [9.17, 15) is 4.91 Å². The third kappa shape index (κ3) is 2.57. The van der Waals surface area contributed by atoms with Crippen LogP contribution in [0, 0.1) is 11.8 Å². The number of hydrogen-bond acceptors (Lipinski definition) is 4. The molecule has 5 nitrogen and oxygen atoms in total. The Kier molecular flexibility index (Phi) is 3.87. The summed E-state index contributed by atoms with van der Waals surface area (Å²) >= 11 is 0. The molecule has 0 aliphatic rings. The third-order valence-corrected chi connectivity index (χ3v) is 3.43. The predicted molar refractivity (Wildman–Crippen MR) is 86.6 cm³/mol. The maximum absolute atomic E-state index is 11.3. The van der Waals surface area contributed by atoms with Crippen LogP contribution in [0.15, 0.2) is 47.8 Å². The number of nitroso groups, excluding NO2 is 1. The highest BCUT2D eigenvalue weighted by Crippen LogP contribution is 2.32. The van der Waals surface area contributed by atoms with Crippen molar-refractivity contribution in [2.75, 3.05) is 6.61 Å². The van der Waals surface area contributed by atoms with E-state index in [0.29, 0.717) is 23.8 Å². The first-order valence-electron chi connectivity index (χ1n) is 7.28. The molecule has 5 heteroatoms. The van der Waals surface area contributed by atoms with Gasteiger partial charge >= 0.3 is 0 Å². The highest BCUT2D eigenvalue weighted by Gasteiger charge is 2.14. The van der Waals surface area contributed by atoms with Crippen molar-refractivity contribution in [3.63, 3.8) is 0 Å². The number of pyridine rings is 1. The van der Waals surface area contributed by atoms with Gasteiger partial charge in [0.25, 0.3) is 0 Å². The van der Waals surface area contributed by atoms with Crippen LogP contribution in [0.25, 0.3) is 16.9 Å². The van der Waals surface area contributed by atoms with Gasteiger partial charge in [-0.05, 0) is 54.4 Å². The molecule has 0 amide bonds. The number of hydrogen-bond donors (Lipinski definition) is 0. The molecule has 0 unspecified atom stereocenters. The lowest BCUT2D eigenvalue weighted by Crippen LogP contribution is -1.94. The second-order valence-corrected chi connectivity index (χ2v) is 5.18. The lowest BCUT2D eigenvalue weighted by atomic mass is 10.1. The SMILES string of the molecule is CCCOc1ccc(-c2nc3ccc(C)cn3c2N=O)cc1. The van der Waals surface area contributed by atoms with E-state index in [0.717, 1.165) is 23.3 Å². The zero-order chi connectivity index (χ0) is 15.5. The fourth-order valence-corrected chi connectivity index (χ4v) is 2.35. The second kappa shape index (κ2) is 5.97. The Morgan fingerprint density at radius 3 is 2.64 bits per heavy atom. The second-order valence-electron chi connectivity index (χ2n) is 5.18. The van der Waals surface area contributed by atoms with E-state index in [1.54, 1.807) is 4.40 Å². The molecule has 22 heavy (non-hydrogen) atoms. The number of nitrogens with zero attached hydrogens (tertiary/aromatic N) is 3. The summed E-state index contributed by atoms with van der Waals surface area (Å²) in [5, 5.41) is 3.17. The van der Waals surface area contributed by atoms with Crippen LogP contribution in [-0.4, -0.2) is 16.0 Å². The van der Waals surface area contributed by atoms with Gasteiger partial charge in [-0.1, -0.05) is 13.0 Å². The van der Waals surface area contributed by atoms with E-state index in [4.69, 9.17) is 4.74 Å². The molecule has 0 aliphatic heterocycles. The van der Waals surface area contributed by atoms with Crippen molar-refractivity contribution in [1.82, 2.24) is 9.38 Å². The Morgan fingerprint density at radius 2 is 1.95 bits per heavy atom. The molecule has 112 valence electrons. The molecule has 3 rings (SSSR count). The highest BCUT2D eigenvalue weighted by atomic mass is 16.5. The number of aromatic nitrogens is 2. The van der Waals surface area contributed by atoms with E-state index in [1.165, 1.54) is 0 Å². The van der Waals surface area contributed by atoms with Crippen LogP contribution in [0.4, 0.5) is 5.82 Å². The molecular weight excluding hydrogens is 278 g/mol. The van der Waals surface area contributed by atoms with Gasteiger partial charge in [0.2, 0.25) is 5.82 Å². The zero-order valence-corrected chi connectivity index (χ0v) is 12.6. The van der Waals surface area contributed by atoms with E-state index >= 15 is 0 Å². The fraction of sp³-hybridized carbons (Fsp3) is 0.235. The van der Waals surface area contributed by atoms with Gasteiger partial charge in [-0.15, -0.1) is 4.91 Å². The summed E-state index contributed by atoms with van der Waals surface area (Å²) in [5.74, 6) is 1.13. The molecule has 0 fully saturated rings. The maximum atomic E-state index is 11.3. The summed E-state index contributed by atoms with van der Waals surface area (Å²) in [4.78, 5) is 15.8. The molecule has 1 aromatic carbocycles. The van der Waals surface area contributed by atoms with Crippen molar-refractivity contribution in [3.05, 3.63) is 53.1 Å². The molecule has 3 aromatic rings. The van der Waals surface area contributed by atoms with Gasteiger partial charge < -0.3 is 4.74 Å². The summed E-state index contributed by atoms with van der Waals surface area (Å²) in [6.07, 6.45) is 2.83. The van der Waals surface area contributed by atoms with Crippen LogP contribution in [-0.2, 0) is 0 Å². The number of benzene rings is 1. The molecule has 0 N–H and O–H groups in total. The summed E-state index contributed by atoms with van der Waals surface area (Å²) in [5.41, 5.74) is 3.19. The van der Waals surface area contributed by atoms with E-state index in [2.05, 4.69) is 17.1 Å². The number of rotatable bonds is 5. The number of ether oxygens (including phenoxy) is 1. The monoisotopic (exact) mass is 295 g/mol. The number of imidazole rings is 1. The molecule has 0 radical (unpaired) electrons. The van der Waals surface area contributed by atoms with Gasteiger partial charge in [-0.25, -0.2) is 4.98 Å². The van der Waals surface area contributed by atoms with Crippen LogP contribution in [0.2, 0.25) is 0 Å². The smallest absolute Gasteiger partial charge is 0.209 e. The van der Waals surface area contributed by atoms with Gasteiger partial charge in [-0.3, -0.25) is 4.40 Å². The topological polar surface area (TPSA) is 56.0 Å². The van der Waals surface area contributed by atoms with Gasteiger partial charge in [0.1, 0.15) is 17.1 Å². The number of fused-ring (bicyclic) bond motifs is 1. The van der Waals surface area contributed by atoms with Crippen molar-refractivity contribution >= 4 is 11.5 Å². The minimum absolute atomic E-state index is 0.320. The van der Waals surface area contributed by atoms with Crippen LogP contribution >= 0.6 is 0 Å². The van der Waals surface area contributed by atoms with Crippen molar-refractivity contribution in [3.8, 4) is 17.0 Å². The van der Waals surface area contributed by atoms with Crippen molar-refractivity contribution < 1.29 is 4.74 Å². The summed E-state index contributed by atoms with van der Waals surface area (Å²) in [6.45, 7) is 4.72. The molecule has 0 bridgehead atoms. The van der Waals surface area contributed by atoms with Gasteiger partial charge in [0, 0.05) is 11.8 Å². The molecule has 0 aliphatic carbocycles. The molecule has 0 spiro atoms. The largest absolute Gasteiger partial charge is 0.494 e. The summed E-state index contributed by atoms with van der Waals surface area (Å²) < 4.78 is 7.29. The summed E-state index contributed by atoms with van der Waals surface area (Å²) in [6, 6.07) is 11.4. The highest BCUT2D eigenvalue weighted by molar-refractivity contribution is 5.74. The molecule has 0 saturated carbocycles. The standard InChI is InChI=1S/C17H17N3O2/c1-3-10-22-14-7-5-13(6-8-14)16-17(19-21)20-11-12(2)4-9-15(20)18-16/h4-9,11H,3,10H2,1-2H3. The minimum atomic E-state index is 0.320. The quantitative estimate of drug-likeness (QED) is 0.651. The average molecular weight is 295 g/mol. The Morgan fingerprint density at radius 1 is 1.18 bits per heavy atom. The van der Waals surface area contributed by atoms with Gasteiger partial charge in [0.05, 0.1) is 6.61 Å². The first kappa shape index (κ1) is 14.3. The van der Waals surface area contributed by atoms with E-state index < -0.39 is 0 Å². The van der Waals surface area contributed by atoms with Crippen molar-refractivity contribution in [2.45, 2.75) is 20.3 Å². The van der Waals surface area contributed by atoms with E-state index in [-0.39, 0.29) is 0 Å². The molecular formula is C17H17N3O2. The fourth-order valence-electron chi connectivity index (χ4n) is 2.35. The van der Waals surface area contributed by atoms with Crippen molar-refractivity contribution in [1.29, 1.82) is 0 Å². The summed E-state index contributed by atoms with van der Waals surface area (Å²) in [7, 11) is 0. The van der Waals surface area contributed by atoms with Crippen LogP contribution < -0.4 is 4.74 Å². The minimum Gasteiger partial charge on any atom is -0.494 e. The Labute approximate surface area is 128 Å². The zero-order valence-electron chi connectivity index (χ0n) is 12.6. The third-order valence-electron chi connectivity index (χ3n) is 3.43. The normalized spacial score (nSPS) is 10.8. The number of aryl methyl sites for hydroxylation is 1. The van der Waals surface area contributed by atoms with Crippen LogP contribution in [0.5, 0.6) is 5.75 Å². The Hall–Kier alpha value is -2.69. The Bertz CT molecular complexity index is 807. The van der Waals surface area contributed by atoms with Crippen LogP contribution in [0.3, 0.4) is 0 Å². The van der Waals surface area contributed by atoms with Crippen molar-refractivity contribution in [2.24, 2.45) is 5.18 Å². The average Bonchev–Trinajstić information content (AvgIpc) is 2.91. The first-order valence-corrected chi connectivity index (χ1v) is 7.28. The van der Waals surface area contributed by atoms with Crippen LogP contribution in [0.1, 0.15) is 18.9 Å². The lowest BCUT2D eigenvalue weighted by Gasteiger charge is -2.04. The predicted octanol–water partition coefficient (Wildman–Crippen LogP) is 4.50. The molecule has 0 saturated heterocycles. The molecule has 2 heterocycles.